The van der Waals surface area contributed by atoms with Gasteiger partial charge < -0.3 is 10.1 Å². The highest BCUT2D eigenvalue weighted by Crippen LogP contribution is 2.27. The molecule has 4 rings (SSSR count). The van der Waals surface area contributed by atoms with Crippen LogP contribution < -0.4 is 14.4 Å². The van der Waals surface area contributed by atoms with Crippen molar-refractivity contribution >= 4 is 27.3 Å². The van der Waals surface area contributed by atoms with Gasteiger partial charge in [0.05, 0.1) is 16.1 Å². The molecule has 0 saturated heterocycles. The number of carbonyl (C=O) groups is 1. The van der Waals surface area contributed by atoms with Crippen LogP contribution >= 0.6 is 0 Å². The van der Waals surface area contributed by atoms with E-state index in [9.17, 15) is 13.2 Å². The minimum absolute atomic E-state index is 0.150. The topological polar surface area (TPSA) is 75.7 Å². The van der Waals surface area contributed by atoms with E-state index in [0.717, 1.165) is 4.31 Å². The zero-order valence-corrected chi connectivity index (χ0v) is 18.7. The number of sulfonamides is 1. The van der Waals surface area contributed by atoms with E-state index in [1.54, 1.807) is 66.7 Å². The Kier molecular flexibility index (Phi) is 6.42. The van der Waals surface area contributed by atoms with Crippen molar-refractivity contribution in [3.05, 3.63) is 115 Å². The van der Waals surface area contributed by atoms with E-state index in [0.29, 0.717) is 17.2 Å². The maximum atomic E-state index is 13.0. The lowest BCUT2D eigenvalue weighted by molar-refractivity contribution is 0.102. The number of carbonyl (C=O) groups excluding carboxylic acids is 1. The van der Waals surface area contributed by atoms with Crippen LogP contribution in [-0.4, -0.2) is 21.4 Å². The van der Waals surface area contributed by atoms with Crippen molar-refractivity contribution in [2.75, 3.05) is 16.7 Å². The fourth-order valence-electron chi connectivity index (χ4n) is 3.25. The first kappa shape index (κ1) is 22.1. The molecule has 6 nitrogen and oxygen atoms in total. The predicted molar refractivity (Wildman–Crippen MR) is 129 cm³/mol. The Hall–Kier alpha value is -4.10. The minimum atomic E-state index is -3.82. The van der Waals surface area contributed by atoms with Gasteiger partial charge in [0, 0.05) is 12.7 Å². The van der Waals surface area contributed by atoms with Gasteiger partial charge in [0.2, 0.25) is 0 Å². The summed E-state index contributed by atoms with van der Waals surface area (Å²) in [5.74, 6) is 0.927. The normalized spacial score (nSPS) is 10.9. The Morgan fingerprint density at radius 3 is 1.94 bits per heavy atom. The SMILES string of the molecule is CN(c1ccccc1C(=O)Nc1ccc(Oc2ccccc2)cc1)S(=O)(=O)c1ccccc1. The second kappa shape index (κ2) is 9.58. The van der Waals surface area contributed by atoms with Gasteiger partial charge in [-0.25, -0.2) is 8.42 Å². The van der Waals surface area contributed by atoms with Gasteiger partial charge in [-0.15, -0.1) is 0 Å². The molecule has 0 aliphatic heterocycles. The predicted octanol–water partition coefficient (Wildman–Crippen LogP) is 5.56. The second-order valence-electron chi connectivity index (χ2n) is 7.20. The summed E-state index contributed by atoms with van der Waals surface area (Å²) in [6, 6.07) is 31.0. The average Bonchev–Trinajstić information content (AvgIpc) is 2.86. The molecule has 33 heavy (non-hydrogen) atoms. The van der Waals surface area contributed by atoms with Gasteiger partial charge in [-0.2, -0.15) is 0 Å². The summed E-state index contributed by atoms with van der Waals surface area (Å²) in [4.78, 5) is 13.2. The molecule has 0 aliphatic rings. The van der Waals surface area contributed by atoms with Crippen LogP contribution in [0.4, 0.5) is 11.4 Å². The molecule has 4 aromatic rings. The molecule has 0 fully saturated rings. The van der Waals surface area contributed by atoms with Crippen LogP contribution in [-0.2, 0) is 10.0 Å². The van der Waals surface area contributed by atoms with Crippen molar-refractivity contribution in [1.82, 2.24) is 0 Å². The van der Waals surface area contributed by atoms with Gasteiger partial charge in [-0.1, -0.05) is 48.5 Å². The Morgan fingerprint density at radius 2 is 1.27 bits per heavy atom. The van der Waals surface area contributed by atoms with Gasteiger partial charge in [-0.3, -0.25) is 9.10 Å². The molecule has 0 unspecified atom stereocenters. The van der Waals surface area contributed by atoms with Crippen LogP contribution in [0.25, 0.3) is 0 Å². The van der Waals surface area contributed by atoms with E-state index < -0.39 is 15.9 Å². The fourth-order valence-corrected chi connectivity index (χ4v) is 4.49. The third kappa shape index (κ3) is 5.05. The molecule has 4 aromatic carbocycles. The van der Waals surface area contributed by atoms with Crippen molar-refractivity contribution in [1.29, 1.82) is 0 Å². The Morgan fingerprint density at radius 1 is 0.727 bits per heavy atom. The number of hydrogen-bond donors (Lipinski definition) is 1. The Bertz CT molecular complexity index is 1340. The highest BCUT2D eigenvalue weighted by molar-refractivity contribution is 7.92. The molecule has 0 aromatic heterocycles. The summed E-state index contributed by atoms with van der Waals surface area (Å²) in [6.07, 6.45) is 0. The van der Waals surface area contributed by atoms with Crippen molar-refractivity contribution in [3.8, 4) is 11.5 Å². The summed E-state index contributed by atoms with van der Waals surface area (Å²) in [6.45, 7) is 0. The van der Waals surface area contributed by atoms with E-state index in [2.05, 4.69) is 5.32 Å². The number of rotatable bonds is 7. The van der Waals surface area contributed by atoms with E-state index in [1.165, 1.54) is 19.2 Å². The zero-order chi connectivity index (χ0) is 23.3. The van der Waals surface area contributed by atoms with Crippen LogP contribution in [0.2, 0.25) is 0 Å². The molecule has 0 spiro atoms. The number of para-hydroxylation sites is 2. The summed E-state index contributed by atoms with van der Waals surface area (Å²) < 4.78 is 33.0. The molecule has 1 amide bonds. The third-order valence-electron chi connectivity index (χ3n) is 4.98. The van der Waals surface area contributed by atoms with Crippen LogP contribution in [0.1, 0.15) is 10.4 Å². The van der Waals surface area contributed by atoms with E-state index in [-0.39, 0.29) is 16.1 Å². The number of anilines is 2. The van der Waals surface area contributed by atoms with Gasteiger partial charge in [0.15, 0.2) is 0 Å². The molecular weight excluding hydrogens is 436 g/mol. The molecule has 0 saturated carbocycles. The Labute approximate surface area is 193 Å². The molecule has 0 atom stereocenters. The monoisotopic (exact) mass is 458 g/mol. The lowest BCUT2D eigenvalue weighted by atomic mass is 10.1. The molecule has 1 N–H and O–H groups in total. The average molecular weight is 459 g/mol. The van der Waals surface area contributed by atoms with Gasteiger partial charge in [-0.05, 0) is 60.7 Å². The first-order valence-corrected chi connectivity index (χ1v) is 11.7. The Balaban J connectivity index is 1.53. The van der Waals surface area contributed by atoms with Crippen LogP contribution in [0.3, 0.4) is 0 Å². The highest BCUT2D eigenvalue weighted by atomic mass is 32.2. The van der Waals surface area contributed by atoms with Crippen molar-refractivity contribution in [3.63, 3.8) is 0 Å². The first-order chi connectivity index (χ1) is 15.9. The molecular formula is C26H22N2O4S. The third-order valence-corrected chi connectivity index (χ3v) is 6.77. The summed E-state index contributed by atoms with van der Waals surface area (Å²) in [5.41, 5.74) is 1.08. The smallest absolute Gasteiger partial charge is 0.264 e. The summed E-state index contributed by atoms with van der Waals surface area (Å²) in [7, 11) is -2.38. The quantitative estimate of drug-likeness (QED) is 0.394. The highest BCUT2D eigenvalue weighted by Gasteiger charge is 2.24. The summed E-state index contributed by atoms with van der Waals surface area (Å²) >= 11 is 0. The molecule has 0 radical (unpaired) electrons. The number of hydrogen-bond acceptors (Lipinski definition) is 4. The maximum absolute atomic E-state index is 13.0. The number of ether oxygens (including phenoxy) is 1. The van der Waals surface area contributed by atoms with Crippen LogP contribution in [0.15, 0.2) is 114 Å². The van der Waals surface area contributed by atoms with E-state index in [1.807, 2.05) is 30.3 Å². The first-order valence-electron chi connectivity index (χ1n) is 10.2. The van der Waals surface area contributed by atoms with Crippen molar-refractivity contribution in [2.45, 2.75) is 4.90 Å². The molecule has 0 heterocycles. The van der Waals surface area contributed by atoms with Gasteiger partial charge in [0.25, 0.3) is 15.9 Å². The van der Waals surface area contributed by atoms with Gasteiger partial charge >= 0.3 is 0 Å². The van der Waals surface area contributed by atoms with Crippen molar-refractivity contribution < 1.29 is 17.9 Å². The van der Waals surface area contributed by atoms with E-state index >= 15 is 0 Å². The molecule has 7 heteroatoms. The fraction of sp³-hybridized carbons (Fsp3) is 0.0385. The van der Waals surface area contributed by atoms with E-state index in [4.69, 9.17) is 4.74 Å². The second-order valence-corrected chi connectivity index (χ2v) is 9.17. The standard InChI is InChI=1S/C26H22N2O4S/c1-28(33(30,31)23-12-6-3-7-13-23)25-15-9-8-14-24(25)26(29)27-20-16-18-22(19-17-20)32-21-10-4-2-5-11-21/h2-19H,1H3,(H,27,29). The number of benzene rings is 4. The molecule has 0 bridgehead atoms. The molecule has 0 aliphatic carbocycles. The molecule has 166 valence electrons. The number of nitrogens with zero attached hydrogens (tertiary/aromatic N) is 1. The van der Waals surface area contributed by atoms with Crippen LogP contribution in [0, 0.1) is 0 Å². The number of amides is 1. The maximum Gasteiger partial charge on any atom is 0.264 e. The van der Waals surface area contributed by atoms with Crippen molar-refractivity contribution in [2.24, 2.45) is 0 Å². The van der Waals surface area contributed by atoms with Gasteiger partial charge in [0.1, 0.15) is 11.5 Å². The lowest BCUT2D eigenvalue weighted by Gasteiger charge is -2.22. The van der Waals surface area contributed by atoms with Crippen LogP contribution in [0.5, 0.6) is 11.5 Å². The summed E-state index contributed by atoms with van der Waals surface area (Å²) in [5, 5.41) is 2.82. The largest absolute Gasteiger partial charge is 0.457 e. The minimum Gasteiger partial charge on any atom is -0.457 e. The lowest BCUT2D eigenvalue weighted by Crippen LogP contribution is -2.29. The zero-order valence-electron chi connectivity index (χ0n) is 17.9. The number of nitrogens with one attached hydrogen (secondary N) is 1.